The van der Waals surface area contributed by atoms with E-state index >= 15 is 0 Å². The molecule has 106 valence electrons. The number of hydrogen-bond donors (Lipinski definition) is 3. The van der Waals surface area contributed by atoms with E-state index in [1.807, 2.05) is 38.1 Å². The molecule has 0 saturated heterocycles. The van der Waals surface area contributed by atoms with E-state index in [0.717, 1.165) is 11.3 Å². The molecule has 2 unspecified atom stereocenters. The molecule has 3 N–H and O–H groups in total. The normalized spacial score (nSPS) is 14.2. The summed E-state index contributed by atoms with van der Waals surface area (Å²) in [5.74, 6) is -0.317. The summed E-state index contributed by atoms with van der Waals surface area (Å²) in [4.78, 5) is 10.9. The van der Waals surface area contributed by atoms with Crippen LogP contribution in [0.2, 0.25) is 0 Å². The molecule has 0 aliphatic rings. The van der Waals surface area contributed by atoms with Crippen LogP contribution in [0.3, 0.4) is 0 Å². The Labute approximate surface area is 113 Å². The Hall–Kier alpha value is -1.59. The molecule has 0 spiro atoms. The van der Waals surface area contributed by atoms with E-state index in [1.165, 1.54) is 6.92 Å². The van der Waals surface area contributed by atoms with Crippen molar-refractivity contribution in [1.29, 1.82) is 0 Å². The molecule has 0 aliphatic heterocycles. The van der Waals surface area contributed by atoms with Crippen LogP contribution in [-0.4, -0.2) is 34.4 Å². The fraction of sp³-hybridized carbons (Fsp3) is 0.500. The van der Waals surface area contributed by atoms with Gasteiger partial charge in [-0.05, 0) is 38.5 Å². The van der Waals surface area contributed by atoms with Gasteiger partial charge in [0, 0.05) is 6.54 Å². The van der Waals surface area contributed by atoms with Gasteiger partial charge in [-0.25, -0.2) is 0 Å². The fourth-order valence-electron chi connectivity index (χ4n) is 1.69. The van der Waals surface area contributed by atoms with Crippen LogP contribution in [0.5, 0.6) is 5.75 Å². The van der Waals surface area contributed by atoms with Crippen molar-refractivity contribution in [2.45, 2.75) is 45.6 Å². The Kier molecular flexibility index (Phi) is 5.79. The minimum Gasteiger partial charge on any atom is -0.491 e. The van der Waals surface area contributed by atoms with Crippen LogP contribution in [-0.2, 0) is 11.3 Å². The van der Waals surface area contributed by atoms with Crippen molar-refractivity contribution in [3.63, 3.8) is 0 Å². The lowest BCUT2D eigenvalue weighted by atomic mass is 10.1. The number of carbonyl (C=O) groups is 1. The first-order valence-electron chi connectivity index (χ1n) is 6.30. The molecule has 0 aliphatic carbocycles. The number of nitrogens with one attached hydrogen (secondary N) is 1. The number of aliphatic hydroxyl groups excluding tert-OH is 1. The molecule has 1 aromatic rings. The van der Waals surface area contributed by atoms with Gasteiger partial charge in [-0.15, -0.1) is 0 Å². The Morgan fingerprint density at radius 3 is 2.58 bits per heavy atom. The van der Waals surface area contributed by atoms with E-state index in [0.29, 0.717) is 6.54 Å². The summed E-state index contributed by atoms with van der Waals surface area (Å²) < 4.78 is 5.56. The number of rotatable bonds is 7. The maximum Gasteiger partial charge on any atom is 0.323 e. The fourth-order valence-corrected chi connectivity index (χ4v) is 1.69. The summed E-state index contributed by atoms with van der Waals surface area (Å²) in [6.45, 7) is 5.69. The largest absolute Gasteiger partial charge is 0.491 e. The molecule has 0 bridgehead atoms. The van der Waals surface area contributed by atoms with E-state index in [-0.39, 0.29) is 6.10 Å². The first-order valence-corrected chi connectivity index (χ1v) is 6.30. The predicted molar refractivity (Wildman–Crippen MR) is 72.2 cm³/mol. The van der Waals surface area contributed by atoms with Gasteiger partial charge in [0.25, 0.3) is 0 Å². The Morgan fingerprint density at radius 1 is 1.37 bits per heavy atom. The van der Waals surface area contributed by atoms with Gasteiger partial charge in [0.2, 0.25) is 0 Å². The van der Waals surface area contributed by atoms with Crippen LogP contribution in [0.15, 0.2) is 24.3 Å². The molecule has 0 saturated carbocycles. The van der Waals surface area contributed by atoms with Gasteiger partial charge in [0.15, 0.2) is 0 Å². The Morgan fingerprint density at radius 2 is 2.05 bits per heavy atom. The second-order valence-corrected chi connectivity index (χ2v) is 4.75. The smallest absolute Gasteiger partial charge is 0.323 e. The third-order valence-electron chi connectivity index (χ3n) is 2.54. The van der Waals surface area contributed by atoms with Gasteiger partial charge in [-0.1, -0.05) is 12.1 Å². The predicted octanol–water partition coefficient (Wildman–Crippen LogP) is 1.40. The highest BCUT2D eigenvalue weighted by Gasteiger charge is 2.21. The summed E-state index contributed by atoms with van der Waals surface area (Å²) in [6, 6.07) is 6.46. The minimum absolute atomic E-state index is 0.0902. The summed E-state index contributed by atoms with van der Waals surface area (Å²) >= 11 is 0. The van der Waals surface area contributed by atoms with Crippen molar-refractivity contribution in [3.05, 3.63) is 29.8 Å². The number of hydrogen-bond acceptors (Lipinski definition) is 4. The number of carboxylic acids is 1. The monoisotopic (exact) mass is 267 g/mol. The van der Waals surface area contributed by atoms with Gasteiger partial charge < -0.3 is 14.9 Å². The molecule has 1 rings (SSSR count). The van der Waals surface area contributed by atoms with Crippen molar-refractivity contribution in [3.8, 4) is 5.75 Å². The lowest BCUT2D eigenvalue weighted by molar-refractivity contribution is -0.142. The Balaban J connectivity index is 2.64. The molecule has 2 atom stereocenters. The molecule has 5 nitrogen and oxygen atoms in total. The van der Waals surface area contributed by atoms with Crippen LogP contribution in [0, 0.1) is 0 Å². The minimum atomic E-state index is -1.07. The lowest BCUT2D eigenvalue weighted by Crippen LogP contribution is -2.44. The van der Waals surface area contributed by atoms with Gasteiger partial charge in [-0.2, -0.15) is 0 Å². The quantitative estimate of drug-likeness (QED) is 0.696. The molecule has 1 aromatic carbocycles. The molecule has 0 heterocycles. The van der Waals surface area contributed by atoms with Crippen molar-refractivity contribution in [1.82, 2.24) is 5.32 Å². The number of aliphatic carboxylic acids is 1. The van der Waals surface area contributed by atoms with Crippen LogP contribution in [0.1, 0.15) is 26.3 Å². The third kappa shape index (κ3) is 5.28. The molecule has 0 amide bonds. The maximum atomic E-state index is 10.9. The summed E-state index contributed by atoms with van der Waals surface area (Å²) in [5, 5.41) is 21.1. The molecular weight excluding hydrogens is 246 g/mol. The topological polar surface area (TPSA) is 78.8 Å². The SMILES string of the molecule is CC(C)Oc1cccc(CNC(C(=O)O)C(C)O)c1. The van der Waals surface area contributed by atoms with Gasteiger partial charge in [0.05, 0.1) is 12.2 Å². The highest BCUT2D eigenvalue weighted by Crippen LogP contribution is 2.15. The van der Waals surface area contributed by atoms with Gasteiger partial charge in [-0.3, -0.25) is 10.1 Å². The maximum absolute atomic E-state index is 10.9. The van der Waals surface area contributed by atoms with Crippen LogP contribution >= 0.6 is 0 Å². The standard InChI is InChI=1S/C14H21NO4/c1-9(2)19-12-6-4-5-11(7-12)8-15-13(10(3)16)14(17)18/h4-7,9-10,13,15-16H,8H2,1-3H3,(H,17,18). The average molecular weight is 267 g/mol. The molecule has 5 heteroatoms. The first-order chi connectivity index (χ1) is 8.90. The number of carboxylic acid groups (broad SMARTS) is 1. The van der Waals surface area contributed by atoms with E-state index in [1.54, 1.807) is 0 Å². The highest BCUT2D eigenvalue weighted by molar-refractivity contribution is 5.74. The van der Waals surface area contributed by atoms with Crippen molar-refractivity contribution < 1.29 is 19.7 Å². The van der Waals surface area contributed by atoms with E-state index in [4.69, 9.17) is 9.84 Å². The van der Waals surface area contributed by atoms with Crippen molar-refractivity contribution in [2.75, 3.05) is 0 Å². The lowest BCUT2D eigenvalue weighted by Gasteiger charge is -2.17. The second kappa shape index (κ2) is 7.11. The van der Waals surface area contributed by atoms with E-state index in [9.17, 15) is 9.90 Å². The molecule has 0 fully saturated rings. The molecular formula is C14H21NO4. The number of aliphatic hydroxyl groups is 1. The summed E-state index contributed by atoms with van der Waals surface area (Å²) in [7, 11) is 0. The third-order valence-corrected chi connectivity index (χ3v) is 2.54. The van der Waals surface area contributed by atoms with Crippen molar-refractivity contribution in [2.24, 2.45) is 0 Å². The van der Waals surface area contributed by atoms with Gasteiger partial charge >= 0.3 is 5.97 Å². The molecule has 19 heavy (non-hydrogen) atoms. The average Bonchev–Trinajstić information content (AvgIpc) is 2.27. The highest BCUT2D eigenvalue weighted by atomic mass is 16.5. The summed E-state index contributed by atoms with van der Waals surface area (Å²) in [5.41, 5.74) is 0.907. The van der Waals surface area contributed by atoms with E-state index < -0.39 is 18.1 Å². The first kappa shape index (κ1) is 15.5. The van der Waals surface area contributed by atoms with Gasteiger partial charge in [0.1, 0.15) is 11.8 Å². The van der Waals surface area contributed by atoms with Crippen LogP contribution in [0.25, 0.3) is 0 Å². The summed E-state index contributed by atoms with van der Waals surface area (Å²) in [6.07, 6.45) is -0.861. The second-order valence-electron chi connectivity index (χ2n) is 4.75. The Bertz CT molecular complexity index is 418. The molecule has 0 aromatic heterocycles. The number of benzene rings is 1. The van der Waals surface area contributed by atoms with Crippen molar-refractivity contribution >= 4 is 5.97 Å². The van der Waals surface area contributed by atoms with E-state index in [2.05, 4.69) is 5.32 Å². The zero-order valence-electron chi connectivity index (χ0n) is 11.5. The molecule has 0 radical (unpaired) electrons. The zero-order valence-corrected chi connectivity index (χ0v) is 11.5. The van der Waals surface area contributed by atoms with Crippen LogP contribution in [0.4, 0.5) is 0 Å². The zero-order chi connectivity index (χ0) is 14.4. The number of ether oxygens (including phenoxy) is 1. The van der Waals surface area contributed by atoms with Crippen LogP contribution < -0.4 is 10.1 Å².